The molecule has 0 aliphatic carbocycles. The lowest BCUT2D eigenvalue weighted by Gasteiger charge is -2.24. The quantitative estimate of drug-likeness (QED) is 0.383. The molecule has 1 heterocycles. The molecule has 7 nitrogen and oxygen atoms in total. The maximum Gasteiger partial charge on any atom is 0.451 e. The Morgan fingerprint density at radius 1 is 1.21 bits per heavy atom. The molecule has 0 spiro atoms. The number of aryl methyl sites for hydroxylation is 1. The third-order valence-electron chi connectivity index (χ3n) is 4.31. The SMILES string of the molecule is NC(CCCCB(O)O)(CCCn1cnc2ccccc21)C(=O)O. The van der Waals surface area contributed by atoms with Gasteiger partial charge in [0.05, 0.1) is 17.4 Å². The number of aliphatic carboxylic acids is 1. The molecule has 0 amide bonds. The lowest BCUT2D eigenvalue weighted by Crippen LogP contribution is -2.48. The molecule has 8 heteroatoms. The molecular weight excluding hydrogens is 309 g/mol. The van der Waals surface area contributed by atoms with Gasteiger partial charge in [0, 0.05) is 6.54 Å². The maximum absolute atomic E-state index is 11.5. The highest BCUT2D eigenvalue weighted by Crippen LogP contribution is 2.21. The van der Waals surface area contributed by atoms with Crippen molar-refractivity contribution in [2.24, 2.45) is 5.73 Å². The Morgan fingerprint density at radius 3 is 2.62 bits per heavy atom. The summed E-state index contributed by atoms with van der Waals surface area (Å²) in [5.74, 6) is -1.01. The highest BCUT2D eigenvalue weighted by atomic mass is 16.4. The van der Waals surface area contributed by atoms with Gasteiger partial charge in [0.1, 0.15) is 5.54 Å². The van der Waals surface area contributed by atoms with Crippen molar-refractivity contribution in [2.75, 3.05) is 0 Å². The zero-order valence-electron chi connectivity index (χ0n) is 13.6. The second kappa shape index (κ2) is 8.28. The van der Waals surface area contributed by atoms with E-state index in [9.17, 15) is 9.90 Å². The average molecular weight is 333 g/mol. The second-order valence-corrected chi connectivity index (χ2v) is 6.22. The largest absolute Gasteiger partial charge is 0.480 e. The van der Waals surface area contributed by atoms with E-state index in [2.05, 4.69) is 4.98 Å². The summed E-state index contributed by atoms with van der Waals surface area (Å²) < 4.78 is 2.00. The van der Waals surface area contributed by atoms with Crippen LogP contribution >= 0.6 is 0 Å². The number of para-hydroxylation sites is 2. The zero-order chi connectivity index (χ0) is 17.6. The molecule has 0 radical (unpaired) electrons. The number of aromatic nitrogens is 2. The zero-order valence-corrected chi connectivity index (χ0v) is 13.6. The number of imidazole rings is 1. The van der Waals surface area contributed by atoms with Gasteiger partial charge < -0.3 is 25.5 Å². The molecule has 0 fully saturated rings. The molecule has 1 unspecified atom stereocenters. The van der Waals surface area contributed by atoms with E-state index in [0.717, 1.165) is 11.0 Å². The molecule has 24 heavy (non-hydrogen) atoms. The summed E-state index contributed by atoms with van der Waals surface area (Å²) >= 11 is 0. The normalized spacial score (nSPS) is 13.8. The minimum absolute atomic E-state index is 0.233. The van der Waals surface area contributed by atoms with Gasteiger partial charge in [-0.3, -0.25) is 4.79 Å². The number of carboxylic acids is 1. The van der Waals surface area contributed by atoms with E-state index >= 15 is 0 Å². The number of nitrogens with two attached hydrogens (primary N) is 1. The Morgan fingerprint density at radius 2 is 1.92 bits per heavy atom. The van der Waals surface area contributed by atoms with Crippen LogP contribution in [-0.2, 0) is 11.3 Å². The number of carboxylic acid groups (broad SMARTS) is 1. The Hall–Kier alpha value is -1.90. The molecular formula is C16H24BN3O4. The van der Waals surface area contributed by atoms with E-state index < -0.39 is 18.6 Å². The fraction of sp³-hybridized carbons (Fsp3) is 0.500. The Labute approximate surface area is 141 Å². The van der Waals surface area contributed by atoms with E-state index in [4.69, 9.17) is 15.8 Å². The van der Waals surface area contributed by atoms with Crippen LogP contribution in [0.1, 0.15) is 32.1 Å². The predicted molar refractivity (Wildman–Crippen MR) is 92.4 cm³/mol. The summed E-state index contributed by atoms with van der Waals surface area (Å²) in [5.41, 5.74) is 6.71. The van der Waals surface area contributed by atoms with Gasteiger partial charge in [0.25, 0.3) is 0 Å². The monoisotopic (exact) mass is 333 g/mol. The van der Waals surface area contributed by atoms with Gasteiger partial charge in [0.15, 0.2) is 0 Å². The fourth-order valence-electron chi connectivity index (χ4n) is 2.86. The summed E-state index contributed by atoms with van der Waals surface area (Å²) in [6, 6.07) is 7.79. The van der Waals surface area contributed by atoms with Crippen LogP contribution in [-0.4, -0.2) is 43.3 Å². The molecule has 0 bridgehead atoms. The summed E-state index contributed by atoms with van der Waals surface area (Å²) in [4.78, 5) is 15.8. The second-order valence-electron chi connectivity index (χ2n) is 6.22. The van der Waals surface area contributed by atoms with Crippen molar-refractivity contribution in [3.05, 3.63) is 30.6 Å². The van der Waals surface area contributed by atoms with Gasteiger partial charge in [-0.2, -0.15) is 0 Å². The van der Waals surface area contributed by atoms with Crippen molar-refractivity contribution in [1.82, 2.24) is 9.55 Å². The Kier molecular flexibility index (Phi) is 6.36. The van der Waals surface area contributed by atoms with Crippen LogP contribution in [0, 0.1) is 0 Å². The third-order valence-corrected chi connectivity index (χ3v) is 4.31. The Balaban J connectivity index is 1.87. The predicted octanol–water partition coefficient (Wildman–Crippen LogP) is 1.24. The van der Waals surface area contributed by atoms with Crippen molar-refractivity contribution < 1.29 is 19.9 Å². The van der Waals surface area contributed by atoms with Gasteiger partial charge in [-0.05, 0) is 37.7 Å². The number of nitrogens with zero attached hydrogens (tertiary/aromatic N) is 2. The van der Waals surface area contributed by atoms with Crippen molar-refractivity contribution in [3.8, 4) is 0 Å². The van der Waals surface area contributed by atoms with Gasteiger partial charge >= 0.3 is 13.1 Å². The highest BCUT2D eigenvalue weighted by molar-refractivity contribution is 6.40. The third kappa shape index (κ3) is 4.80. The number of benzene rings is 1. The van der Waals surface area contributed by atoms with E-state index in [1.54, 1.807) is 6.33 Å². The number of rotatable bonds is 10. The first-order chi connectivity index (χ1) is 11.4. The summed E-state index contributed by atoms with van der Waals surface area (Å²) in [6.45, 7) is 0.655. The van der Waals surface area contributed by atoms with E-state index in [1.807, 2.05) is 28.8 Å². The number of hydrogen-bond donors (Lipinski definition) is 4. The van der Waals surface area contributed by atoms with Crippen molar-refractivity contribution in [3.63, 3.8) is 0 Å². The average Bonchev–Trinajstić information content (AvgIpc) is 2.95. The van der Waals surface area contributed by atoms with E-state index in [-0.39, 0.29) is 6.32 Å². The first-order valence-corrected chi connectivity index (χ1v) is 8.21. The molecule has 0 saturated heterocycles. The standard InChI is InChI=1S/C16H24BN3O4/c18-16(15(21)22,8-3-4-10-17(23)24)9-5-11-20-12-19-13-6-1-2-7-14(13)20/h1-2,6-7,12,23-24H,3-5,8-11,18H2,(H,21,22). The van der Waals surface area contributed by atoms with Gasteiger partial charge in [-0.25, -0.2) is 4.98 Å². The van der Waals surface area contributed by atoms with Crippen molar-refractivity contribution in [1.29, 1.82) is 0 Å². The van der Waals surface area contributed by atoms with Crippen molar-refractivity contribution >= 4 is 24.1 Å². The molecule has 1 atom stereocenters. The van der Waals surface area contributed by atoms with E-state index in [1.165, 1.54) is 0 Å². The molecule has 1 aromatic heterocycles. The fourth-order valence-corrected chi connectivity index (χ4v) is 2.86. The Bertz CT molecular complexity index is 676. The van der Waals surface area contributed by atoms with Gasteiger partial charge in [-0.15, -0.1) is 0 Å². The molecule has 130 valence electrons. The number of unbranched alkanes of at least 4 members (excludes halogenated alkanes) is 1. The summed E-state index contributed by atoms with van der Waals surface area (Å²) in [5, 5.41) is 27.1. The van der Waals surface area contributed by atoms with Crippen LogP contribution in [0.2, 0.25) is 6.32 Å². The van der Waals surface area contributed by atoms with Crippen LogP contribution in [0.3, 0.4) is 0 Å². The van der Waals surface area contributed by atoms with E-state index in [0.29, 0.717) is 38.6 Å². The summed E-state index contributed by atoms with van der Waals surface area (Å²) in [7, 11) is -1.35. The minimum Gasteiger partial charge on any atom is -0.480 e. The molecule has 5 N–H and O–H groups in total. The van der Waals surface area contributed by atoms with Crippen LogP contribution in [0.15, 0.2) is 30.6 Å². The maximum atomic E-state index is 11.5. The number of hydrogen-bond acceptors (Lipinski definition) is 5. The smallest absolute Gasteiger partial charge is 0.451 e. The van der Waals surface area contributed by atoms with Crippen LogP contribution in [0.5, 0.6) is 0 Å². The topological polar surface area (TPSA) is 122 Å². The molecule has 2 rings (SSSR count). The molecule has 2 aromatic rings. The molecule has 0 aliphatic rings. The van der Waals surface area contributed by atoms with Gasteiger partial charge in [-0.1, -0.05) is 25.0 Å². The molecule has 0 saturated carbocycles. The number of fused-ring (bicyclic) bond motifs is 1. The first-order valence-electron chi connectivity index (χ1n) is 8.21. The highest BCUT2D eigenvalue weighted by Gasteiger charge is 2.32. The van der Waals surface area contributed by atoms with Gasteiger partial charge in [0.2, 0.25) is 0 Å². The van der Waals surface area contributed by atoms with Crippen LogP contribution in [0.25, 0.3) is 11.0 Å². The summed E-state index contributed by atoms with van der Waals surface area (Å²) in [6.07, 6.45) is 4.38. The van der Waals surface area contributed by atoms with Crippen molar-refractivity contribution in [2.45, 2.75) is 50.5 Å². The molecule has 0 aliphatic heterocycles. The van der Waals surface area contributed by atoms with Crippen LogP contribution < -0.4 is 5.73 Å². The lowest BCUT2D eigenvalue weighted by atomic mass is 9.81. The minimum atomic E-state index is -1.35. The number of carbonyl (C=O) groups is 1. The lowest BCUT2D eigenvalue weighted by molar-refractivity contribution is -0.144. The molecule has 1 aromatic carbocycles. The first kappa shape index (κ1) is 18.4. The van der Waals surface area contributed by atoms with Crippen LogP contribution in [0.4, 0.5) is 0 Å².